The van der Waals surface area contributed by atoms with Gasteiger partial charge in [0.15, 0.2) is 5.82 Å². The van der Waals surface area contributed by atoms with Crippen LogP contribution >= 0.6 is 0 Å². The first-order valence-corrected chi connectivity index (χ1v) is 5.59. The number of hydrogen-bond acceptors (Lipinski definition) is 4. The van der Waals surface area contributed by atoms with Gasteiger partial charge in [-0.25, -0.2) is 4.68 Å². The lowest BCUT2D eigenvalue weighted by Crippen LogP contribution is -2.47. The summed E-state index contributed by atoms with van der Waals surface area (Å²) < 4.78 is 1.62. The van der Waals surface area contributed by atoms with Gasteiger partial charge in [0.25, 0.3) is 5.91 Å². The molecule has 1 aliphatic heterocycles. The first-order valence-electron chi connectivity index (χ1n) is 5.59. The van der Waals surface area contributed by atoms with E-state index < -0.39 is 11.9 Å². The Morgan fingerprint density at radius 3 is 2.78 bits per heavy atom. The summed E-state index contributed by atoms with van der Waals surface area (Å²) in [5.41, 5.74) is 7.26. The molecule has 3 rings (SSSR count). The highest BCUT2D eigenvalue weighted by Gasteiger charge is 2.32. The van der Waals surface area contributed by atoms with Gasteiger partial charge in [0.05, 0.1) is 11.7 Å². The van der Waals surface area contributed by atoms with Crippen molar-refractivity contribution in [2.75, 3.05) is 5.06 Å². The standard InChI is InChI=1S/C12H12N4O2/c13-10-6-8-7-15(9-4-2-1-3-5-9)14-11(8)16(18)12(10)17/h1-5,7,10,18H,6,13H2. The van der Waals surface area contributed by atoms with Crippen molar-refractivity contribution in [1.29, 1.82) is 0 Å². The quantitative estimate of drug-likeness (QED) is 0.714. The molecule has 1 amide bonds. The van der Waals surface area contributed by atoms with Gasteiger partial charge in [0, 0.05) is 18.2 Å². The lowest BCUT2D eigenvalue weighted by Gasteiger charge is -2.22. The molecular formula is C12H12N4O2. The first-order chi connectivity index (χ1) is 8.66. The molecule has 3 N–H and O–H groups in total. The lowest BCUT2D eigenvalue weighted by atomic mass is 10.1. The predicted molar refractivity (Wildman–Crippen MR) is 64.5 cm³/mol. The highest BCUT2D eigenvalue weighted by Crippen LogP contribution is 2.25. The third-order valence-electron chi connectivity index (χ3n) is 2.95. The summed E-state index contributed by atoms with van der Waals surface area (Å²) in [6.45, 7) is 0. The van der Waals surface area contributed by atoms with Gasteiger partial charge in [0.1, 0.15) is 0 Å². The summed E-state index contributed by atoms with van der Waals surface area (Å²) in [7, 11) is 0. The minimum absolute atomic E-state index is 0.255. The lowest BCUT2D eigenvalue weighted by molar-refractivity contribution is -0.125. The number of carbonyl (C=O) groups is 1. The third-order valence-corrected chi connectivity index (χ3v) is 2.95. The van der Waals surface area contributed by atoms with E-state index in [4.69, 9.17) is 5.73 Å². The number of carbonyl (C=O) groups excluding carboxylic acids is 1. The SMILES string of the molecule is NC1Cc2cn(-c3ccccc3)nc2N(O)C1=O. The van der Waals surface area contributed by atoms with E-state index in [1.165, 1.54) is 0 Å². The van der Waals surface area contributed by atoms with Gasteiger partial charge in [0.2, 0.25) is 0 Å². The molecule has 0 spiro atoms. The maximum Gasteiger partial charge on any atom is 0.269 e. The minimum Gasteiger partial charge on any atom is -0.320 e. The van der Waals surface area contributed by atoms with Crippen LogP contribution in [-0.2, 0) is 11.2 Å². The van der Waals surface area contributed by atoms with E-state index in [9.17, 15) is 10.0 Å². The molecule has 2 heterocycles. The van der Waals surface area contributed by atoms with Crippen molar-refractivity contribution in [1.82, 2.24) is 9.78 Å². The van der Waals surface area contributed by atoms with Crippen LogP contribution in [0, 0.1) is 0 Å². The Bertz CT molecular complexity index is 593. The summed E-state index contributed by atoms with van der Waals surface area (Å²) in [6, 6.07) is 8.76. The van der Waals surface area contributed by atoms with E-state index in [0.29, 0.717) is 11.5 Å². The van der Waals surface area contributed by atoms with Crippen LogP contribution in [0.25, 0.3) is 5.69 Å². The number of nitrogens with zero attached hydrogens (tertiary/aromatic N) is 3. The molecule has 1 atom stereocenters. The van der Waals surface area contributed by atoms with Crippen LogP contribution in [0.5, 0.6) is 0 Å². The number of hydroxylamine groups is 1. The number of anilines is 1. The highest BCUT2D eigenvalue weighted by atomic mass is 16.5. The molecule has 0 saturated heterocycles. The van der Waals surface area contributed by atoms with E-state index in [2.05, 4.69) is 5.10 Å². The molecule has 1 aromatic carbocycles. The average molecular weight is 244 g/mol. The number of rotatable bonds is 1. The molecule has 18 heavy (non-hydrogen) atoms. The van der Waals surface area contributed by atoms with Crippen molar-refractivity contribution in [3.05, 3.63) is 42.1 Å². The van der Waals surface area contributed by atoms with Gasteiger partial charge in [-0.15, -0.1) is 5.10 Å². The van der Waals surface area contributed by atoms with Gasteiger partial charge in [-0.2, -0.15) is 5.06 Å². The molecular weight excluding hydrogens is 232 g/mol. The molecule has 0 radical (unpaired) electrons. The molecule has 6 nitrogen and oxygen atoms in total. The number of amides is 1. The Morgan fingerprint density at radius 1 is 1.33 bits per heavy atom. The largest absolute Gasteiger partial charge is 0.320 e. The highest BCUT2D eigenvalue weighted by molar-refractivity contribution is 5.97. The number of aromatic nitrogens is 2. The van der Waals surface area contributed by atoms with E-state index >= 15 is 0 Å². The summed E-state index contributed by atoms with van der Waals surface area (Å²) >= 11 is 0. The minimum atomic E-state index is -0.712. The van der Waals surface area contributed by atoms with E-state index in [1.807, 2.05) is 30.3 Å². The van der Waals surface area contributed by atoms with Gasteiger partial charge in [-0.3, -0.25) is 10.0 Å². The van der Waals surface area contributed by atoms with Crippen LogP contribution in [0.4, 0.5) is 5.82 Å². The maximum atomic E-state index is 11.5. The number of hydrogen-bond donors (Lipinski definition) is 2. The summed E-state index contributed by atoms with van der Waals surface area (Å²) in [6.07, 6.45) is 2.16. The van der Waals surface area contributed by atoms with Gasteiger partial charge in [-0.1, -0.05) is 18.2 Å². The topological polar surface area (TPSA) is 84.4 Å². The second-order valence-corrected chi connectivity index (χ2v) is 4.22. The predicted octanol–water partition coefficient (Wildman–Crippen LogP) is 0.478. The molecule has 1 unspecified atom stereocenters. The van der Waals surface area contributed by atoms with Crippen molar-refractivity contribution in [2.45, 2.75) is 12.5 Å². The van der Waals surface area contributed by atoms with Crippen molar-refractivity contribution < 1.29 is 10.0 Å². The van der Waals surface area contributed by atoms with Crippen LogP contribution in [0.1, 0.15) is 5.56 Å². The molecule has 1 aliphatic rings. The van der Waals surface area contributed by atoms with Crippen LogP contribution in [0.3, 0.4) is 0 Å². The van der Waals surface area contributed by atoms with Gasteiger partial charge >= 0.3 is 0 Å². The Morgan fingerprint density at radius 2 is 2.06 bits per heavy atom. The Balaban J connectivity index is 2.06. The molecule has 0 aliphatic carbocycles. The second kappa shape index (κ2) is 3.94. The summed E-state index contributed by atoms with van der Waals surface area (Å²) in [4.78, 5) is 11.5. The fraction of sp³-hybridized carbons (Fsp3) is 0.167. The second-order valence-electron chi connectivity index (χ2n) is 4.22. The number of benzene rings is 1. The molecule has 0 fully saturated rings. The number of fused-ring (bicyclic) bond motifs is 1. The van der Waals surface area contributed by atoms with E-state index in [-0.39, 0.29) is 5.82 Å². The molecule has 0 bridgehead atoms. The normalized spacial score (nSPS) is 18.9. The fourth-order valence-electron chi connectivity index (χ4n) is 2.02. The molecule has 92 valence electrons. The first kappa shape index (κ1) is 10.9. The Labute approximate surface area is 103 Å². The molecule has 1 aromatic heterocycles. The van der Waals surface area contributed by atoms with E-state index in [0.717, 1.165) is 11.3 Å². The molecule has 2 aromatic rings. The number of para-hydroxylation sites is 1. The zero-order valence-electron chi connectivity index (χ0n) is 9.52. The van der Waals surface area contributed by atoms with Crippen molar-refractivity contribution in [3.63, 3.8) is 0 Å². The van der Waals surface area contributed by atoms with E-state index in [1.54, 1.807) is 10.9 Å². The number of nitrogens with two attached hydrogens (primary N) is 1. The Kier molecular flexibility index (Phi) is 2.39. The van der Waals surface area contributed by atoms with Crippen LogP contribution in [-0.4, -0.2) is 26.9 Å². The van der Waals surface area contributed by atoms with Crippen LogP contribution in [0.15, 0.2) is 36.5 Å². The zero-order chi connectivity index (χ0) is 12.7. The van der Waals surface area contributed by atoms with Crippen LogP contribution < -0.4 is 10.8 Å². The van der Waals surface area contributed by atoms with Gasteiger partial charge in [-0.05, 0) is 12.1 Å². The van der Waals surface area contributed by atoms with Crippen molar-refractivity contribution >= 4 is 11.7 Å². The van der Waals surface area contributed by atoms with Gasteiger partial charge < -0.3 is 5.73 Å². The molecule has 6 heteroatoms. The zero-order valence-corrected chi connectivity index (χ0v) is 9.52. The third kappa shape index (κ3) is 1.59. The Hall–Kier alpha value is -2.18. The monoisotopic (exact) mass is 244 g/mol. The van der Waals surface area contributed by atoms with Crippen molar-refractivity contribution in [2.24, 2.45) is 5.73 Å². The summed E-state index contributed by atoms with van der Waals surface area (Å²) in [5, 5.41) is 14.4. The molecule has 0 saturated carbocycles. The van der Waals surface area contributed by atoms with Crippen molar-refractivity contribution in [3.8, 4) is 5.69 Å². The summed E-state index contributed by atoms with van der Waals surface area (Å²) in [5.74, 6) is -0.272. The van der Waals surface area contributed by atoms with Crippen LogP contribution in [0.2, 0.25) is 0 Å². The average Bonchev–Trinajstić information content (AvgIpc) is 2.81. The fourth-order valence-corrected chi connectivity index (χ4v) is 2.02. The smallest absolute Gasteiger partial charge is 0.269 e. The maximum absolute atomic E-state index is 11.5.